The zero-order valence-electron chi connectivity index (χ0n) is 6.97. The van der Waals surface area contributed by atoms with Gasteiger partial charge in [0, 0.05) is 5.39 Å². The smallest absolute Gasteiger partial charge is 0.267 e. The molecule has 2 aromatic rings. The number of hydrogen-bond acceptors (Lipinski definition) is 2. The Morgan fingerprint density at radius 1 is 1.38 bits per heavy atom. The summed E-state index contributed by atoms with van der Waals surface area (Å²) < 4.78 is 0. The maximum absolute atomic E-state index is 11.3. The molecule has 4 heteroatoms. The van der Waals surface area contributed by atoms with E-state index in [0.29, 0.717) is 15.9 Å². The van der Waals surface area contributed by atoms with Crippen LogP contribution in [0.15, 0.2) is 23.0 Å². The minimum atomic E-state index is -0.205. The highest BCUT2D eigenvalue weighted by molar-refractivity contribution is 6.34. The fourth-order valence-electron chi connectivity index (χ4n) is 1.25. The van der Waals surface area contributed by atoms with Crippen molar-refractivity contribution in [3.63, 3.8) is 0 Å². The third kappa shape index (κ3) is 1.31. The van der Waals surface area contributed by atoms with Crippen molar-refractivity contribution in [1.82, 2.24) is 10.2 Å². The van der Waals surface area contributed by atoms with E-state index in [1.54, 1.807) is 12.1 Å². The summed E-state index contributed by atoms with van der Waals surface area (Å²) in [6.45, 7) is 1.92. The summed E-state index contributed by atoms with van der Waals surface area (Å²) in [4.78, 5) is 11.3. The first-order valence-electron chi connectivity index (χ1n) is 3.83. The van der Waals surface area contributed by atoms with Crippen LogP contribution in [0.1, 0.15) is 5.56 Å². The molecule has 0 aliphatic heterocycles. The Hall–Kier alpha value is -1.35. The first kappa shape index (κ1) is 8.26. The van der Waals surface area contributed by atoms with E-state index in [-0.39, 0.29) is 5.56 Å². The van der Waals surface area contributed by atoms with Crippen LogP contribution in [-0.4, -0.2) is 10.2 Å². The highest BCUT2D eigenvalue weighted by Crippen LogP contribution is 2.17. The van der Waals surface area contributed by atoms with Crippen LogP contribution in [0.2, 0.25) is 5.15 Å². The van der Waals surface area contributed by atoms with Crippen molar-refractivity contribution in [2.24, 2.45) is 0 Å². The van der Waals surface area contributed by atoms with Crippen LogP contribution in [0.25, 0.3) is 10.8 Å². The maximum Gasteiger partial charge on any atom is 0.272 e. The van der Waals surface area contributed by atoms with Gasteiger partial charge in [-0.15, -0.1) is 0 Å². The van der Waals surface area contributed by atoms with Crippen molar-refractivity contribution in [2.45, 2.75) is 6.92 Å². The van der Waals surface area contributed by atoms with Gasteiger partial charge in [0.2, 0.25) is 0 Å². The van der Waals surface area contributed by atoms with Gasteiger partial charge in [0.25, 0.3) is 5.56 Å². The van der Waals surface area contributed by atoms with Gasteiger partial charge in [0.1, 0.15) is 0 Å². The van der Waals surface area contributed by atoms with E-state index in [0.717, 1.165) is 5.56 Å². The molecule has 0 amide bonds. The van der Waals surface area contributed by atoms with E-state index < -0.39 is 0 Å². The first-order chi connectivity index (χ1) is 6.18. The van der Waals surface area contributed by atoms with Crippen LogP contribution in [0, 0.1) is 6.92 Å². The third-order valence-corrected chi connectivity index (χ3v) is 2.19. The monoisotopic (exact) mass is 194 g/mol. The Morgan fingerprint density at radius 2 is 2.15 bits per heavy atom. The van der Waals surface area contributed by atoms with Crippen molar-refractivity contribution in [1.29, 1.82) is 0 Å². The van der Waals surface area contributed by atoms with Crippen LogP contribution < -0.4 is 5.56 Å². The quantitative estimate of drug-likeness (QED) is 0.696. The molecular weight excluding hydrogens is 188 g/mol. The van der Waals surface area contributed by atoms with Gasteiger partial charge < -0.3 is 0 Å². The number of nitrogens with zero attached hydrogens (tertiary/aromatic N) is 1. The highest BCUT2D eigenvalue weighted by atomic mass is 35.5. The Kier molecular flexibility index (Phi) is 1.81. The number of aromatic amines is 1. The van der Waals surface area contributed by atoms with E-state index in [2.05, 4.69) is 10.2 Å². The molecule has 1 N–H and O–H groups in total. The number of fused-ring (bicyclic) bond motifs is 1. The largest absolute Gasteiger partial charge is 0.272 e. The van der Waals surface area contributed by atoms with Crippen molar-refractivity contribution in [3.8, 4) is 0 Å². The van der Waals surface area contributed by atoms with E-state index in [9.17, 15) is 4.79 Å². The lowest BCUT2D eigenvalue weighted by molar-refractivity contribution is 1.01. The van der Waals surface area contributed by atoms with E-state index in [1.807, 2.05) is 13.0 Å². The fourth-order valence-corrected chi connectivity index (χ4v) is 1.45. The number of nitrogens with one attached hydrogen (secondary N) is 1. The molecule has 0 radical (unpaired) electrons. The van der Waals surface area contributed by atoms with Crippen molar-refractivity contribution in [2.75, 3.05) is 0 Å². The molecule has 0 bridgehead atoms. The van der Waals surface area contributed by atoms with Gasteiger partial charge in [-0.25, -0.2) is 5.10 Å². The molecule has 0 aliphatic rings. The number of rotatable bonds is 0. The molecule has 0 atom stereocenters. The average molecular weight is 195 g/mol. The second-order valence-electron chi connectivity index (χ2n) is 2.89. The van der Waals surface area contributed by atoms with E-state index in [4.69, 9.17) is 11.6 Å². The summed E-state index contributed by atoms with van der Waals surface area (Å²) in [5.74, 6) is 0. The number of halogens is 1. The normalized spacial score (nSPS) is 10.6. The molecule has 1 heterocycles. The molecule has 0 spiro atoms. The molecule has 1 aromatic carbocycles. The first-order valence-corrected chi connectivity index (χ1v) is 4.21. The van der Waals surface area contributed by atoms with Gasteiger partial charge in [-0.1, -0.05) is 29.3 Å². The summed E-state index contributed by atoms with van der Waals surface area (Å²) >= 11 is 5.80. The number of H-pyrrole nitrogens is 1. The fraction of sp³-hybridized carbons (Fsp3) is 0.111. The molecule has 0 saturated heterocycles. The summed E-state index contributed by atoms with van der Waals surface area (Å²) in [5, 5.41) is 7.60. The van der Waals surface area contributed by atoms with E-state index in [1.165, 1.54) is 0 Å². The molecular formula is C9H7ClN2O. The predicted molar refractivity (Wildman–Crippen MR) is 52.1 cm³/mol. The number of hydrogen-bond donors (Lipinski definition) is 1. The molecule has 13 heavy (non-hydrogen) atoms. The van der Waals surface area contributed by atoms with Gasteiger partial charge in [-0.3, -0.25) is 4.79 Å². The minimum absolute atomic E-state index is 0.205. The van der Waals surface area contributed by atoms with Gasteiger partial charge in [-0.05, 0) is 13.0 Å². The lowest BCUT2D eigenvalue weighted by Gasteiger charge is -1.98. The van der Waals surface area contributed by atoms with Crippen molar-refractivity contribution in [3.05, 3.63) is 39.3 Å². The molecule has 66 valence electrons. The Balaban J connectivity index is 3.01. The molecule has 3 nitrogen and oxygen atoms in total. The van der Waals surface area contributed by atoms with Crippen molar-refractivity contribution < 1.29 is 0 Å². The lowest BCUT2D eigenvalue weighted by atomic mass is 10.1. The zero-order chi connectivity index (χ0) is 9.42. The summed E-state index contributed by atoms with van der Waals surface area (Å²) in [6.07, 6.45) is 0. The molecule has 0 unspecified atom stereocenters. The van der Waals surface area contributed by atoms with Crippen LogP contribution >= 0.6 is 11.6 Å². The van der Waals surface area contributed by atoms with Crippen LogP contribution in [-0.2, 0) is 0 Å². The predicted octanol–water partition coefficient (Wildman–Crippen LogP) is 1.88. The van der Waals surface area contributed by atoms with Crippen LogP contribution in [0.3, 0.4) is 0 Å². The molecule has 1 aromatic heterocycles. The number of aryl methyl sites for hydroxylation is 1. The maximum atomic E-state index is 11.3. The minimum Gasteiger partial charge on any atom is -0.267 e. The average Bonchev–Trinajstić information content (AvgIpc) is 2.12. The van der Waals surface area contributed by atoms with E-state index >= 15 is 0 Å². The standard InChI is InChI=1S/C9H7ClN2O/c1-5-2-3-6-7(4-5)9(13)12-11-8(6)10/h2-4H,1H3,(H,12,13). The SMILES string of the molecule is Cc1ccc2c(Cl)n[nH]c(=O)c2c1. The lowest BCUT2D eigenvalue weighted by Crippen LogP contribution is -2.08. The van der Waals surface area contributed by atoms with Crippen LogP contribution in [0.5, 0.6) is 0 Å². The van der Waals surface area contributed by atoms with Crippen molar-refractivity contribution >= 4 is 22.4 Å². The topological polar surface area (TPSA) is 45.8 Å². The summed E-state index contributed by atoms with van der Waals surface area (Å²) in [6, 6.07) is 5.49. The Morgan fingerprint density at radius 3 is 2.92 bits per heavy atom. The number of aromatic nitrogens is 2. The van der Waals surface area contributed by atoms with Gasteiger partial charge in [0.05, 0.1) is 5.39 Å². The highest BCUT2D eigenvalue weighted by Gasteiger charge is 2.03. The Bertz CT molecular complexity index is 518. The summed E-state index contributed by atoms with van der Waals surface area (Å²) in [7, 11) is 0. The molecule has 2 rings (SSSR count). The molecule has 0 fully saturated rings. The van der Waals surface area contributed by atoms with Gasteiger partial charge >= 0.3 is 0 Å². The zero-order valence-corrected chi connectivity index (χ0v) is 7.72. The molecule has 0 aliphatic carbocycles. The Labute approximate surface area is 79.4 Å². The second-order valence-corrected chi connectivity index (χ2v) is 3.25. The third-order valence-electron chi connectivity index (χ3n) is 1.90. The second kappa shape index (κ2) is 2.85. The summed E-state index contributed by atoms with van der Waals surface area (Å²) in [5.41, 5.74) is 0.823. The van der Waals surface area contributed by atoms with Gasteiger partial charge in [0.15, 0.2) is 5.15 Å². The van der Waals surface area contributed by atoms with Crippen LogP contribution in [0.4, 0.5) is 0 Å². The number of benzene rings is 1. The van der Waals surface area contributed by atoms with Gasteiger partial charge in [-0.2, -0.15) is 5.10 Å². The molecule has 0 saturated carbocycles.